The predicted octanol–water partition coefficient (Wildman–Crippen LogP) is 1.52. The highest BCUT2D eigenvalue weighted by atomic mass is 16.6. The Kier molecular flexibility index (Phi) is 6.64. The molecule has 0 aromatic heterocycles. The van der Waals surface area contributed by atoms with Crippen molar-refractivity contribution in [2.75, 3.05) is 13.1 Å². The van der Waals surface area contributed by atoms with Gasteiger partial charge in [-0.25, -0.2) is 4.79 Å². The molecule has 2 amide bonds. The summed E-state index contributed by atoms with van der Waals surface area (Å²) >= 11 is 0. The molecule has 22 heavy (non-hydrogen) atoms. The third-order valence-corrected chi connectivity index (χ3v) is 3.51. The number of amides is 2. The summed E-state index contributed by atoms with van der Waals surface area (Å²) in [7, 11) is 0. The minimum absolute atomic E-state index is 0.241. The quantitative estimate of drug-likeness (QED) is 0.667. The largest absolute Gasteiger partial charge is 0.481 e. The number of alkyl carbamates (subject to hydrolysis) is 1. The van der Waals surface area contributed by atoms with E-state index in [4.69, 9.17) is 9.84 Å². The summed E-state index contributed by atoms with van der Waals surface area (Å²) in [5.74, 6) is -2.25. The molecule has 0 aromatic carbocycles. The molecule has 0 spiro atoms. The lowest BCUT2D eigenvalue weighted by Crippen LogP contribution is -2.43. The zero-order chi connectivity index (χ0) is 16.8. The molecule has 0 unspecified atom stereocenters. The van der Waals surface area contributed by atoms with Crippen LogP contribution in [-0.2, 0) is 14.3 Å². The number of hydrogen-bond donors (Lipinski definition) is 3. The summed E-state index contributed by atoms with van der Waals surface area (Å²) in [5.41, 5.74) is -0.565. The van der Waals surface area contributed by atoms with Gasteiger partial charge in [-0.2, -0.15) is 0 Å². The van der Waals surface area contributed by atoms with Crippen molar-refractivity contribution in [3.63, 3.8) is 0 Å². The van der Waals surface area contributed by atoms with Crippen molar-refractivity contribution >= 4 is 18.0 Å². The van der Waals surface area contributed by atoms with Crippen LogP contribution < -0.4 is 10.6 Å². The summed E-state index contributed by atoms with van der Waals surface area (Å²) < 4.78 is 5.07. The normalized spacial score (nSPS) is 21.8. The molecule has 7 heteroatoms. The summed E-state index contributed by atoms with van der Waals surface area (Å²) in [6.07, 6.45) is 2.33. The van der Waals surface area contributed by atoms with Gasteiger partial charge in [0, 0.05) is 13.1 Å². The van der Waals surface area contributed by atoms with Crippen molar-refractivity contribution in [1.29, 1.82) is 0 Å². The van der Waals surface area contributed by atoms with Gasteiger partial charge >= 0.3 is 12.1 Å². The number of nitrogens with one attached hydrogen (secondary N) is 2. The van der Waals surface area contributed by atoms with Gasteiger partial charge in [0.25, 0.3) is 0 Å². The average molecular weight is 314 g/mol. The molecule has 3 N–H and O–H groups in total. The molecule has 2 atom stereocenters. The van der Waals surface area contributed by atoms with E-state index in [9.17, 15) is 14.4 Å². The number of aliphatic carboxylic acids is 1. The van der Waals surface area contributed by atoms with Crippen LogP contribution in [0.25, 0.3) is 0 Å². The van der Waals surface area contributed by atoms with Crippen molar-refractivity contribution < 1.29 is 24.2 Å². The Balaban J connectivity index is 2.30. The van der Waals surface area contributed by atoms with E-state index in [-0.39, 0.29) is 19.0 Å². The van der Waals surface area contributed by atoms with Crippen molar-refractivity contribution in [3.05, 3.63) is 0 Å². The summed E-state index contributed by atoms with van der Waals surface area (Å²) in [6, 6.07) is 0. The second kappa shape index (κ2) is 8.00. The van der Waals surface area contributed by atoms with Crippen molar-refractivity contribution in [3.8, 4) is 0 Å². The molecule has 7 nitrogen and oxygen atoms in total. The molecule has 0 aromatic rings. The fourth-order valence-electron chi connectivity index (χ4n) is 2.54. The number of carbonyl (C=O) groups is 3. The standard InChI is InChI=1S/C15H26N2O5/c1-15(2,3)22-14(21)17-9-8-16-12(18)10-6-4-5-7-11(10)13(19)20/h10-11H,4-9H2,1-3H3,(H,16,18)(H,17,21)(H,19,20)/t10-,11+/m1/s1. The number of carboxylic acid groups (broad SMARTS) is 1. The Hall–Kier alpha value is -1.79. The molecular formula is C15H26N2O5. The Morgan fingerprint density at radius 2 is 1.59 bits per heavy atom. The molecule has 1 aliphatic carbocycles. The van der Waals surface area contributed by atoms with Crippen LogP contribution in [0.4, 0.5) is 4.79 Å². The van der Waals surface area contributed by atoms with E-state index >= 15 is 0 Å². The molecule has 126 valence electrons. The van der Waals surface area contributed by atoms with Gasteiger partial charge in [0.1, 0.15) is 5.60 Å². The SMILES string of the molecule is CC(C)(C)OC(=O)NCCNC(=O)[C@@H]1CCCC[C@@H]1C(=O)O. The van der Waals surface area contributed by atoms with E-state index in [0.29, 0.717) is 12.8 Å². The minimum atomic E-state index is -0.910. The first-order valence-corrected chi connectivity index (χ1v) is 7.68. The summed E-state index contributed by atoms with van der Waals surface area (Å²) in [6.45, 7) is 5.79. The second-order valence-corrected chi connectivity index (χ2v) is 6.56. The van der Waals surface area contributed by atoms with Gasteiger partial charge < -0.3 is 20.5 Å². The lowest BCUT2D eigenvalue weighted by Gasteiger charge is -2.27. The minimum Gasteiger partial charge on any atom is -0.481 e. The van der Waals surface area contributed by atoms with Crippen LogP contribution >= 0.6 is 0 Å². The molecule has 0 heterocycles. The Bertz CT molecular complexity index is 417. The van der Waals surface area contributed by atoms with Crippen LogP contribution in [0.5, 0.6) is 0 Å². The molecule has 1 rings (SSSR count). The summed E-state index contributed by atoms with van der Waals surface area (Å²) in [4.78, 5) is 34.7. The molecule has 1 fully saturated rings. The predicted molar refractivity (Wildman–Crippen MR) is 80.3 cm³/mol. The van der Waals surface area contributed by atoms with E-state index in [2.05, 4.69) is 10.6 Å². The van der Waals surface area contributed by atoms with Crippen molar-refractivity contribution in [1.82, 2.24) is 10.6 Å². The first-order valence-electron chi connectivity index (χ1n) is 7.68. The van der Waals surface area contributed by atoms with Crippen LogP contribution in [0.3, 0.4) is 0 Å². The number of rotatable bonds is 5. The van der Waals surface area contributed by atoms with Crippen LogP contribution in [0.1, 0.15) is 46.5 Å². The van der Waals surface area contributed by atoms with E-state index in [1.165, 1.54) is 0 Å². The highest BCUT2D eigenvalue weighted by Crippen LogP contribution is 2.30. The van der Waals surface area contributed by atoms with E-state index in [1.807, 2.05) is 0 Å². The van der Waals surface area contributed by atoms with E-state index in [1.54, 1.807) is 20.8 Å². The maximum absolute atomic E-state index is 12.1. The van der Waals surface area contributed by atoms with Gasteiger partial charge in [-0.15, -0.1) is 0 Å². The highest BCUT2D eigenvalue weighted by molar-refractivity contribution is 5.84. The van der Waals surface area contributed by atoms with Gasteiger partial charge in [0.05, 0.1) is 11.8 Å². The number of carboxylic acids is 1. The Morgan fingerprint density at radius 1 is 1.05 bits per heavy atom. The van der Waals surface area contributed by atoms with Crippen molar-refractivity contribution in [2.24, 2.45) is 11.8 Å². The molecule has 0 radical (unpaired) electrons. The van der Waals surface area contributed by atoms with Gasteiger partial charge in [-0.05, 0) is 33.6 Å². The van der Waals surface area contributed by atoms with Crippen LogP contribution in [-0.4, -0.2) is 41.8 Å². The second-order valence-electron chi connectivity index (χ2n) is 6.56. The first kappa shape index (κ1) is 18.3. The molecule has 0 aliphatic heterocycles. The Labute approximate surface area is 130 Å². The number of ether oxygens (including phenoxy) is 1. The number of carbonyl (C=O) groups excluding carboxylic acids is 2. The summed E-state index contributed by atoms with van der Waals surface area (Å²) in [5, 5.41) is 14.4. The van der Waals surface area contributed by atoms with Gasteiger partial charge in [0.15, 0.2) is 0 Å². The van der Waals surface area contributed by atoms with Crippen LogP contribution in [0, 0.1) is 11.8 Å². The highest BCUT2D eigenvalue weighted by Gasteiger charge is 2.35. The third-order valence-electron chi connectivity index (χ3n) is 3.51. The lowest BCUT2D eigenvalue weighted by atomic mass is 9.79. The molecule has 1 aliphatic rings. The Morgan fingerprint density at radius 3 is 2.14 bits per heavy atom. The third kappa shape index (κ3) is 6.32. The smallest absolute Gasteiger partial charge is 0.407 e. The van der Waals surface area contributed by atoms with Crippen LogP contribution in [0.15, 0.2) is 0 Å². The molecule has 0 bridgehead atoms. The molecule has 0 saturated heterocycles. The maximum atomic E-state index is 12.1. The average Bonchev–Trinajstić information content (AvgIpc) is 2.41. The molecular weight excluding hydrogens is 288 g/mol. The number of hydrogen-bond acceptors (Lipinski definition) is 4. The van der Waals surface area contributed by atoms with Crippen molar-refractivity contribution in [2.45, 2.75) is 52.1 Å². The fraction of sp³-hybridized carbons (Fsp3) is 0.800. The zero-order valence-corrected chi connectivity index (χ0v) is 13.5. The fourth-order valence-corrected chi connectivity index (χ4v) is 2.54. The maximum Gasteiger partial charge on any atom is 0.407 e. The van der Waals surface area contributed by atoms with Crippen LogP contribution in [0.2, 0.25) is 0 Å². The molecule has 1 saturated carbocycles. The van der Waals surface area contributed by atoms with Gasteiger partial charge in [-0.1, -0.05) is 12.8 Å². The van der Waals surface area contributed by atoms with E-state index < -0.39 is 29.5 Å². The zero-order valence-electron chi connectivity index (χ0n) is 13.5. The first-order chi connectivity index (χ1) is 10.2. The van der Waals surface area contributed by atoms with Gasteiger partial charge in [0.2, 0.25) is 5.91 Å². The lowest BCUT2D eigenvalue weighted by molar-refractivity contribution is -0.148. The van der Waals surface area contributed by atoms with Gasteiger partial charge in [-0.3, -0.25) is 9.59 Å². The monoisotopic (exact) mass is 314 g/mol. The van der Waals surface area contributed by atoms with E-state index in [0.717, 1.165) is 12.8 Å². The topological polar surface area (TPSA) is 105 Å².